The van der Waals surface area contributed by atoms with Gasteiger partial charge >= 0.3 is 0 Å². The van der Waals surface area contributed by atoms with Gasteiger partial charge in [-0.2, -0.15) is 0 Å². The summed E-state index contributed by atoms with van der Waals surface area (Å²) >= 11 is 0. The molecule has 1 aromatic rings. The van der Waals surface area contributed by atoms with Gasteiger partial charge in [0.25, 0.3) is 5.91 Å². The van der Waals surface area contributed by atoms with Crippen LogP contribution in [0.15, 0.2) is 18.2 Å². The van der Waals surface area contributed by atoms with E-state index in [0.717, 1.165) is 13.1 Å². The van der Waals surface area contributed by atoms with E-state index in [9.17, 15) is 4.79 Å². The van der Waals surface area contributed by atoms with Crippen LogP contribution in [0, 0.1) is 0 Å². The number of carbonyl (C=O) groups is 1. The van der Waals surface area contributed by atoms with E-state index < -0.39 is 0 Å². The van der Waals surface area contributed by atoms with Crippen LogP contribution in [0.1, 0.15) is 24.2 Å². The Balaban J connectivity index is 2.21. The van der Waals surface area contributed by atoms with Crippen LogP contribution in [0.25, 0.3) is 0 Å². The highest BCUT2D eigenvalue weighted by Gasteiger charge is 2.33. The predicted molar refractivity (Wildman–Crippen MR) is 77.9 cm³/mol. The van der Waals surface area contributed by atoms with Crippen LogP contribution in [0.3, 0.4) is 0 Å². The molecule has 5 nitrogen and oxygen atoms in total. The monoisotopic (exact) mass is 262 g/mol. The lowest BCUT2D eigenvalue weighted by atomic mass is 9.99. The summed E-state index contributed by atoms with van der Waals surface area (Å²) in [5.74, 6) is -0.0151. The van der Waals surface area contributed by atoms with Gasteiger partial charge in [0, 0.05) is 36.5 Å². The van der Waals surface area contributed by atoms with Crippen molar-refractivity contribution in [2.24, 2.45) is 0 Å². The Kier molecular flexibility index (Phi) is 3.41. The third kappa shape index (κ3) is 2.66. The number of nitrogens with zero attached hydrogens (tertiary/aromatic N) is 2. The van der Waals surface area contributed by atoms with Crippen molar-refractivity contribution in [1.29, 1.82) is 0 Å². The minimum Gasteiger partial charge on any atom is -0.399 e. The van der Waals surface area contributed by atoms with Gasteiger partial charge in [0.05, 0.1) is 5.56 Å². The number of carbonyl (C=O) groups excluding carboxylic acids is 1. The molecule has 0 bridgehead atoms. The van der Waals surface area contributed by atoms with Gasteiger partial charge in [0.2, 0.25) is 0 Å². The summed E-state index contributed by atoms with van der Waals surface area (Å²) in [6.07, 6.45) is 0. The van der Waals surface area contributed by atoms with E-state index in [4.69, 9.17) is 11.5 Å². The number of rotatable bonds is 1. The molecule has 0 saturated carbocycles. The van der Waals surface area contributed by atoms with E-state index in [1.165, 1.54) is 0 Å². The number of nitrogen functional groups attached to an aromatic ring is 2. The molecular formula is C14H22N4O. The Morgan fingerprint density at radius 1 is 1.26 bits per heavy atom. The lowest BCUT2D eigenvalue weighted by Gasteiger charge is -2.45. The van der Waals surface area contributed by atoms with Gasteiger partial charge in [-0.15, -0.1) is 0 Å². The van der Waals surface area contributed by atoms with Gasteiger partial charge in [-0.05, 0) is 39.1 Å². The van der Waals surface area contributed by atoms with Crippen molar-refractivity contribution in [3.63, 3.8) is 0 Å². The lowest BCUT2D eigenvalue weighted by molar-refractivity contribution is 0.0312. The second-order valence-electron chi connectivity index (χ2n) is 5.81. The standard InChI is InChI=1S/C14H22N4O/c1-14(2)9-18(7-6-17(14)3)13(19)11-5-4-10(15)8-12(11)16/h4-5,8H,6-7,9,15-16H2,1-3H3. The van der Waals surface area contributed by atoms with Crippen LogP contribution in [0.2, 0.25) is 0 Å². The Labute approximate surface area is 114 Å². The molecule has 4 N–H and O–H groups in total. The maximum atomic E-state index is 12.5. The molecule has 0 atom stereocenters. The molecule has 0 unspecified atom stereocenters. The van der Waals surface area contributed by atoms with E-state index in [-0.39, 0.29) is 11.4 Å². The summed E-state index contributed by atoms with van der Waals surface area (Å²) in [5.41, 5.74) is 13.1. The average Bonchev–Trinajstić information content (AvgIpc) is 2.32. The molecule has 1 aliphatic rings. The van der Waals surface area contributed by atoms with Gasteiger partial charge in [-0.3, -0.25) is 9.69 Å². The molecule has 1 aliphatic heterocycles. The summed E-state index contributed by atoms with van der Waals surface area (Å²) < 4.78 is 0. The van der Waals surface area contributed by atoms with Crippen LogP contribution in [0.5, 0.6) is 0 Å². The third-order valence-corrected chi connectivity index (χ3v) is 3.91. The van der Waals surface area contributed by atoms with Crippen molar-refractivity contribution in [3.8, 4) is 0 Å². The Morgan fingerprint density at radius 3 is 2.53 bits per heavy atom. The number of benzene rings is 1. The molecule has 2 rings (SSSR count). The molecule has 1 fully saturated rings. The summed E-state index contributed by atoms with van der Waals surface area (Å²) in [5, 5.41) is 0. The molecule has 1 amide bonds. The predicted octanol–water partition coefficient (Wildman–Crippen LogP) is 1.02. The fourth-order valence-corrected chi connectivity index (χ4v) is 2.36. The first kappa shape index (κ1) is 13.7. The smallest absolute Gasteiger partial charge is 0.256 e. The summed E-state index contributed by atoms with van der Waals surface area (Å²) in [6, 6.07) is 5.05. The van der Waals surface area contributed by atoms with Crippen LogP contribution >= 0.6 is 0 Å². The lowest BCUT2D eigenvalue weighted by Crippen LogP contribution is -2.58. The molecule has 0 aliphatic carbocycles. The third-order valence-electron chi connectivity index (χ3n) is 3.91. The summed E-state index contributed by atoms with van der Waals surface area (Å²) in [4.78, 5) is 16.6. The molecule has 19 heavy (non-hydrogen) atoms. The summed E-state index contributed by atoms with van der Waals surface area (Å²) in [7, 11) is 2.08. The topological polar surface area (TPSA) is 75.6 Å². The SMILES string of the molecule is CN1CCN(C(=O)c2ccc(N)cc2N)CC1(C)C. The molecule has 0 aromatic heterocycles. The second kappa shape index (κ2) is 4.74. The zero-order valence-electron chi connectivity index (χ0n) is 11.8. The highest BCUT2D eigenvalue weighted by atomic mass is 16.2. The molecular weight excluding hydrogens is 240 g/mol. The van der Waals surface area contributed by atoms with Crippen LogP contribution in [-0.4, -0.2) is 47.9 Å². The van der Waals surface area contributed by atoms with Gasteiger partial charge in [0.1, 0.15) is 0 Å². The maximum absolute atomic E-state index is 12.5. The van der Waals surface area contributed by atoms with Crippen LogP contribution in [0.4, 0.5) is 11.4 Å². The van der Waals surface area contributed by atoms with Gasteiger partial charge in [-0.25, -0.2) is 0 Å². The van der Waals surface area contributed by atoms with E-state index in [2.05, 4.69) is 25.8 Å². The number of hydrogen-bond acceptors (Lipinski definition) is 4. The fraction of sp³-hybridized carbons (Fsp3) is 0.500. The Hall–Kier alpha value is -1.75. The Morgan fingerprint density at radius 2 is 1.95 bits per heavy atom. The van der Waals surface area contributed by atoms with Gasteiger partial charge in [0.15, 0.2) is 0 Å². The van der Waals surface area contributed by atoms with Crippen molar-refractivity contribution in [1.82, 2.24) is 9.80 Å². The number of piperazine rings is 1. The number of likely N-dealkylation sites (N-methyl/N-ethyl adjacent to an activating group) is 1. The van der Waals surface area contributed by atoms with E-state index in [1.807, 2.05) is 4.90 Å². The number of amides is 1. The largest absolute Gasteiger partial charge is 0.399 e. The van der Waals surface area contributed by atoms with Crippen molar-refractivity contribution >= 4 is 17.3 Å². The van der Waals surface area contributed by atoms with E-state index in [1.54, 1.807) is 18.2 Å². The van der Waals surface area contributed by atoms with Crippen LogP contribution < -0.4 is 11.5 Å². The quantitative estimate of drug-likeness (QED) is 0.741. The van der Waals surface area contributed by atoms with E-state index in [0.29, 0.717) is 23.5 Å². The molecule has 0 spiro atoms. The molecule has 0 radical (unpaired) electrons. The van der Waals surface area contributed by atoms with Gasteiger partial charge < -0.3 is 16.4 Å². The highest BCUT2D eigenvalue weighted by Crippen LogP contribution is 2.23. The number of anilines is 2. The molecule has 1 aromatic carbocycles. The minimum atomic E-state index is -0.0174. The van der Waals surface area contributed by atoms with E-state index >= 15 is 0 Å². The zero-order chi connectivity index (χ0) is 14.2. The minimum absolute atomic E-state index is 0.0151. The maximum Gasteiger partial charge on any atom is 0.256 e. The first-order chi connectivity index (χ1) is 8.81. The molecule has 5 heteroatoms. The van der Waals surface area contributed by atoms with Crippen molar-refractivity contribution in [2.45, 2.75) is 19.4 Å². The normalized spacial score (nSPS) is 19.4. The number of nitrogens with two attached hydrogens (primary N) is 2. The highest BCUT2D eigenvalue weighted by molar-refractivity contribution is 5.99. The molecule has 1 heterocycles. The molecule has 1 saturated heterocycles. The first-order valence-electron chi connectivity index (χ1n) is 6.47. The molecule has 104 valence electrons. The van der Waals surface area contributed by atoms with Crippen molar-refractivity contribution in [3.05, 3.63) is 23.8 Å². The van der Waals surface area contributed by atoms with Crippen LogP contribution in [-0.2, 0) is 0 Å². The first-order valence-corrected chi connectivity index (χ1v) is 6.47. The Bertz CT molecular complexity index is 498. The van der Waals surface area contributed by atoms with Crippen molar-refractivity contribution in [2.75, 3.05) is 38.1 Å². The fourth-order valence-electron chi connectivity index (χ4n) is 2.36. The summed E-state index contributed by atoms with van der Waals surface area (Å²) in [6.45, 7) is 6.57. The van der Waals surface area contributed by atoms with Crippen molar-refractivity contribution < 1.29 is 4.79 Å². The second-order valence-corrected chi connectivity index (χ2v) is 5.81. The van der Waals surface area contributed by atoms with Gasteiger partial charge in [-0.1, -0.05) is 0 Å². The number of hydrogen-bond donors (Lipinski definition) is 2. The zero-order valence-corrected chi connectivity index (χ0v) is 11.8. The average molecular weight is 262 g/mol.